The van der Waals surface area contributed by atoms with Crippen LogP contribution in [0.25, 0.3) is 22.3 Å². The van der Waals surface area contributed by atoms with Crippen LogP contribution in [-0.2, 0) is 32.0 Å². The number of carbonyl (C=O) groups is 4. The Morgan fingerprint density at radius 2 is 1.08 bits per heavy atom. The molecule has 0 bridgehead atoms. The number of pyridine rings is 2. The molecule has 62 heavy (non-hydrogen) atoms. The fraction of sp³-hybridized carbons (Fsp3) is 0.500. The van der Waals surface area contributed by atoms with Crippen LogP contribution in [0.15, 0.2) is 97.6 Å². The lowest BCUT2D eigenvalue weighted by Gasteiger charge is -2.32. The van der Waals surface area contributed by atoms with Crippen molar-refractivity contribution < 1.29 is 22.0 Å². The summed E-state index contributed by atoms with van der Waals surface area (Å²) in [4.78, 5) is 61.6. The van der Waals surface area contributed by atoms with Crippen LogP contribution in [-0.4, -0.2) is 81.7 Å². The molecule has 0 spiro atoms. The monoisotopic (exact) mass is 849 g/mol. The third-order valence-electron chi connectivity index (χ3n) is 12.1. The number of carbonyl (C=O) groups excluding carboxylic acids is 4. The highest BCUT2D eigenvalue weighted by Crippen LogP contribution is 2.25. The van der Waals surface area contributed by atoms with Gasteiger partial charge in [0.2, 0.25) is 23.6 Å². The van der Waals surface area contributed by atoms with Gasteiger partial charge in [0.25, 0.3) is 0 Å². The highest BCUT2D eigenvalue weighted by atomic mass is 16.2. The Morgan fingerprint density at radius 3 is 1.56 bits per heavy atom. The van der Waals surface area contributed by atoms with Crippen molar-refractivity contribution in [2.24, 2.45) is 11.8 Å². The van der Waals surface area contributed by atoms with Crippen LogP contribution in [0.1, 0.15) is 120 Å². The van der Waals surface area contributed by atoms with E-state index < -0.39 is 0 Å². The average molecular weight is 849 g/mol. The summed E-state index contributed by atoms with van der Waals surface area (Å²) in [6, 6.07) is 25.2. The fourth-order valence-corrected chi connectivity index (χ4v) is 7.84. The highest BCUT2D eigenvalue weighted by Gasteiger charge is 2.26. The van der Waals surface area contributed by atoms with E-state index in [0.717, 1.165) is 99.8 Å². The molecular weight excluding hydrogens is 773 g/mol. The number of amides is 4. The smallest absolute Gasteiger partial charge is 0.222 e. The van der Waals surface area contributed by atoms with Gasteiger partial charge in [-0.2, -0.15) is 0 Å². The van der Waals surface area contributed by atoms with Crippen molar-refractivity contribution in [3.63, 3.8) is 0 Å². The molecule has 10 heteroatoms. The number of benzene rings is 2. The minimum atomic E-state index is 0. The lowest BCUT2D eigenvalue weighted by molar-refractivity contribution is -0.133. The summed E-state index contributed by atoms with van der Waals surface area (Å²) in [6.07, 6.45) is 16.5. The maximum absolute atomic E-state index is 12.7. The molecule has 4 heterocycles. The molecule has 0 aliphatic carbocycles. The number of piperidine rings is 2. The van der Waals surface area contributed by atoms with Crippen molar-refractivity contribution >= 4 is 23.6 Å². The molecule has 0 unspecified atom stereocenters. The molecule has 10 nitrogen and oxygen atoms in total. The number of likely N-dealkylation sites (tertiary alicyclic amines) is 2. The average Bonchev–Trinajstić information content (AvgIpc) is 3.32. The summed E-state index contributed by atoms with van der Waals surface area (Å²) in [5.74, 6) is 1.49. The predicted molar refractivity (Wildman–Crippen MR) is 255 cm³/mol. The van der Waals surface area contributed by atoms with Crippen molar-refractivity contribution in [1.29, 1.82) is 0 Å². The molecule has 2 aliphatic rings. The Balaban J connectivity index is 0.000000411. The van der Waals surface area contributed by atoms with Crippen LogP contribution < -0.4 is 10.6 Å². The predicted octanol–water partition coefficient (Wildman–Crippen LogP) is 9.97. The van der Waals surface area contributed by atoms with Crippen molar-refractivity contribution in [3.05, 3.63) is 109 Å². The summed E-state index contributed by atoms with van der Waals surface area (Å²) >= 11 is 0. The molecule has 2 aromatic carbocycles. The van der Waals surface area contributed by atoms with Gasteiger partial charge in [-0.25, -0.2) is 0 Å². The highest BCUT2D eigenvalue weighted by molar-refractivity contribution is 5.78. The molecule has 2 fully saturated rings. The van der Waals surface area contributed by atoms with E-state index in [4.69, 9.17) is 0 Å². The lowest BCUT2D eigenvalue weighted by Crippen LogP contribution is -2.40. The zero-order valence-corrected chi connectivity index (χ0v) is 38.3. The van der Waals surface area contributed by atoms with E-state index in [0.29, 0.717) is 37.5 Å². The van der Waals surface area contributed by atoms with E-state index in [1.807, 2.05) is 74.0 Å². The van der Waals surface area contributed by atoms with Gasteiger partial charge in [-0.05, 0) is 129 Å². The molecule has 0 saturated carbocycles. The SMILES string of the molecule is CC.CC[C@@H](C)NC(=O)CC1CCN(C(=O)CCc2ccc(-c3ccncc3)cc2)CC1.CC[C@@H](C)NC(=O)CC1CCN(C(=O)CCc2cccc(-c3cccnc3)c2)CC1.[HH].[HH]. The van der Waals surface area contributed by atoms with E-state index in [1.54, 1.807) is 18.6 Å². The van der Waals surface area contributed by atoms with Crippen molar-refractivity contribution in [1.82, 2.24) is 30.4 Å². The maximum Gasteiger partial charge on any atom is 0.222 e. The second-order valence-corrected chi connectivity index (χ2v) is 16.7. The number of nitrogens with one attached hydrogen (secondary N) is 2. The first-order valence-corrected chi connectivity index (χ1v) is 23.2. The van der Waals surface area contributed by atoms with Crippen LogP contribution in [0.5, 0.6) is 0 Å². The van der Waals surface area contributed by atoms with Gasteiger partial charge in [0, 0.05) is 91.6 Å². The van der Waals surface area contributed by atoms with Crippen LogP contribution in [0, 0.1) is 11.8 Å². The van der Waals surface area contributed by atoms with Gasteiger partial charge < -0.3 is 20.4 Å². The second-order valence-electron chi connectivity index (χ2n) is 16.7. The van der Waals surface area contributed by atoms with E-state index in [2.05, 4.69) is 76.9 Å². The standard InChI is InChI=1S/2C25H33N3O2.C2H6.2H2/c1-3-19(2)27-24(29)18-21-12-16-28(17-13-21)25(30)9-6-20-4-7-22(8-5-20)23-10-14-26-15-11-23;1-3-19(2)27-24(29)17-21-11-14-28(15-12-21)25(30)10-9-20-6-4-7-22(16-20)23-8-5-13-26-18-23;1-2;;/h4-5,7-8,10-11,14-15,19,21H,3,6,9,12-13,16-18H2,1-2H3,(H,27,29);4-8,13,16,18-19,21H,3,9-12,14-15,17H2,1-2H3,(H,27,29);1-2H3;2*1H/t2*19-;;;/m11.../s1. The van der Waals surface area contributed by atoms with Gasteiger partial charge in [0.15, 0.2) is 0 Å². The topological polar surface area (TPSA) is 125 Å². The molecule has 338 valence electrons. The Kier molecular flexibility index (Phi) is 21.3. The first-order chi connectivity index (χ1) is 30.1. The van der Waals surface area contributed by atoms with Crippen LogP contribution >= 0.6 is 0 Å². The number of aromatic nitrogens is 2. The van der Waals surface area contributed by atoms with Crippen LogP contribution in [0.3, 0.4) is 0 Å². The van der Waals surface area contributed by atoms with Gasteiger partial charge in [-0.3, -0.25) is 29.1 Å². The molecular formula is C52H76N6O4. The summed E-state index contributed by atoms with van der Waals surface area (Å²) < 4.78 is 0. The zero-order valence-electron chi connectivity index (χ0n) is 38.3. The number of hydrogen-bond donors (Lipinski definition) is 2. The van der Waals surface area contributed by atoms with Crippen LogP contribution in [0.2, 0.25) is 0 Å². The lowest BCUT2D eigenvalue weighted by atomic mass is 9.92. The Hall–Kier alpha value is -5.38. The molecule has 2 aromatic heterocycles. The van der Waals surface area contributed by atoms with Gasteiger partial charge in [-0.1, -0.05) is 82.3 Å². The zero-order chi connectivity index (χ0) is 44.7. The van der Waals surface area contributed by atoms with Crippen molar-refractivity contribution in [2.45, 2.75) is 131 Å². The number of rotatable bonds is 16. The molecule has 6 rings (SSSR count). The number of nitrogens with zero attached hydrogens (tertiary/aromatic N) is 4. The number of aryl methyl sites for hydroxylation is 2. The molecule has 4 aromatic rings. The summed E-state index contributed by atoms with van der Waals surface area (Å²) in [5, 5.41) is 6.08. The summed E-state index contributed by atoms with van der Waals surface area (Å²) in [6.45, 7) is 15.3. The molecule has 2 saturated heterocycles. The van der Waals surface area contributed by atoms with Gasteiger partial charge in [0.05, 0.1) is 0 Å². The minimum Gasteiger partial charge on any atom is -0.354 e. The summed E-state index contributed by atoms with van der Waals surface area (Å²) in [7, 11) is 0. The number of hydrogen-bond acceptors (Lipinski definition) is 6. The Bertz CT molecular complexity index is 1940. The minimum absolute atomic E-state index is 0. The second kappa shape index (κ2) is 26.8. The normalized spacial score (nSPS) is 15.2. The molecule has 2 aliphatic heterocycles. The maximum atomic E-state index is 12.7. The van der Waals surface area contributed by atoms with E-state index >= 15 is 0 Å². The first kappa shape index (κ1) is 49.3. The molecule has 2 atom stereocenters. The Morgan fingerprint density at radius 1 is 0.597 bits per heavy atom. The van der Waals surface area contributed by atoms with E-state index in [-0.39, 0.29) is 38.6 Å². The van der Waals surface area contributed by atoms with Crippen molar-refractivity contribution in [3.8, 4) is 22.3 Å². The quantitative estimate of drug-likeness (QED) is 0.116. The van der Waals surface area contributed by atoms with Crippen LogP contribution in [0.4, 0.5) is 0 Å². The third kappa shape index (κ3) is 16.8. The van der Waals surface area contributed by atoms with Crippen molar-refractivity contribution in [2.75, 3.05) is 26.2 Å². The third-order valence-corrected chi connectivity index (χ3v) is 12.1. The molecule has 4 amide bonds. The molecule has 0 radical (unpaired) electrons. The first-order valence-electron chi connectivity index (χ1n) is 23.2. The van der Waals surface area contributed by atoms with Gasteiger partial charge >= 0.3 is 0 Å². The van der Waals surface area contributed by atoms with Gasteiger partial charge in [-0.15, -0.1) is 0 Å². The van der Waals surface area contributed by atoms with E-state index in [9.17, 15) is 19.2 Å². The Labute approximate surface area is 374 Å². The summed E-state index contributed by atoms with van der Waals surface area (Å²) in [5.41, 5.74) is 6.87. The fourth-order valence-electron chi connectivity index (χ4n) is 7.84. The molecule has 2 N–H and O–H groups in total. The van der Waals surface area contributed by atoms with Gasteiger partial charge in [0.1, 0.15) is 0 Å². The van der Waals surface area contributed by atoms with E-state index in [1.165, 1.54) is 11.1 Å². The largest absolute Gasteiger partial charge is 0.354 e.